The quantitative estimate of drug-likeness (QED) is 0.291. The largest absolute Gasteiger partial charge is 0.352 e. The molecule has 7 heteroatoms. The van der Waals surface area contributed by atoms with E-state index >= 15 is 0 Å². The Morgan fingerprint density at radius 3 is 2.50 bits per heavy atom. The van der Waals surface area contributed by atoms with Crippen LogP contribution < -0.4 is 5.32 Å². The number of fused-ring (bicyclic) bond motifs is 1. The number of imidazole rings is 1. The van der Waals surface area contributed by atoms with Gasteiger partial charge in [-0.3, -0.25) is 9.59 Å². The highest BCUT2D eigenvalue weighted by atomic mass is 35.5. The lowest BCUT2D eigenvalue weighted by molar-refractivity contribution is -0.134. The molecule has 0 radical (unpaired) electrons. The summed E-state index contributed by atoms with van der Waals surface area (Å²) in [5, 5.41) is 3.47. The molecule has 186 valence electrons. The molecule has 1 heterocycles. The number of benzene rings is 3. The fourth-order valence-corrected chi connectivity index (χ4v) is 4.43. The lowest BCUT2D eigenvalue weighted by atomic mass is 10.2. The number of amides is 2. The molecule has 36 heavy (non-hydrogen) atoms. The standard InChI is InChI=1S/C29H31ClN4O2/c1-21(2)33(19-22-10-4-3-5-11-22)28(35)20-34-26-15-7-6-14-25(26)32-27(34)16-9-17-31-29(36)23-12-8-13-24(30)18-23/h3-8,10-15,18,21H,9,16-17,19-20H2,1-2H3,(H,31,36). The second-order valence-electron chi connectivity index (χ2n) is 9.07. The van der Waals surface area contributed by atoms with E-state index in [-0.39, 0.29) is 24.4 Å². The molecule has 4 aromatic rings. The van der Waals surface area contributed by atoms with Crippen molar-refractivity contribution in [2.24, 2.45) is 0 Å². The van der Waals surface area contributed by atoms with Gasteiger partial charge < -0.3 is 14.8 Å². The number of para-hydroxylation sites is 2. The van der Waals surface area contributed by atoms with Crippen molar-refractivity contribution >= 4 is 34.4 Å². The number of hydrogen-bond acceptors (Lipinski definition) is 3. The van der Waals surface area contributed by atoms with Crippen LogP contribution in [0.5, 0.6) is 0 Å². The molecular formula is C29H31ClN4O2. The SMILES string of the molecule is CC(C)N(Cc1ccccc1)C(=O)Cn1c(CCCNC(=O)c2cccc(Cl)c2)nc2ccccc21. The van der Waals surface area contributed by atoms with Crippen LogP contribution in [0.25, 0.3) is 11.0 Å². The Balaban J connectivity index is 1.45. The second-order valence-corrected chi connectivity index (χ2v) is 9.51. The average molecular weight is 503 g/mol. The van der Waals surface area contributed by atoms with Gasteiger partial charge in [-0.15, -0.1) is 0 Å². The van der Waals surface area contributed by atoms with Gasteiger partial charge in [0.15, 0.2) is 0 Å². The Morgan fingerprint density at radius 1 is 1.00 bits per heavy atom. The first kappa shape index (κ1) is 25.5. The fourth-order valence-electron chi connectivity index (χ4n) is 4.24. The summed E-state index contributed by atoms with van der Waals surface area (Å²) in [7, 11) is 0. The third-order valence-corrected chi connectivity index (χ3v) is 6.35. The molecule has 1 N–H and O–H groups in total. The van der Waals surface area contributed by atoms with Gasteiger partial charge in [-0.05, 0) is 56.2 Å². The molecule has 0 unspecified atom stereocenters. The molecule has 0 aliphatic heterocycles. The zero-order valence-corrected chi connectivity index (χ0v) is 21.4. The Labute approximate surface area is 216 Å². The Bertz CT molecular complexity index is 1330. The van der Waals surface area contributed by atoms with E-state index in [1.54, 1.807) is 24.3 Å². The number of halogens is 1. The van der Waals surface area contributed by atoms with Crippen molar-refractivity contribution in [3.05, 3.63) is 101 Å². The van der Waals surface area contributed by atoms with Crippen molar-refractivity contribution in [1.82, 2.24) is 19.8 Å². The van der Waals surface area contributed by atoms with Crippen LogP contribution in [0.3, 0.4) is 0 Å². The molecule has 0 saturated carbocycles. The molecule has 1 aromatic heterocycles. The number of rotatable bonds is 10. The Hall–Kier alpha value is -3.64. The predicted molar refractivity (Wildman–Crippen MR) is 144 cm³/mol. The third kappa shape index (κ3) is 6.32. The minimum atomic E-state index is -0.158. The van der Waals surface area contributed by atoms with E-state index in [2.05, 4.69) is 5.32 Å². The summed E-state index contributed by atoms with van der Waals surface area (Å²) < 4.78 is 2.01. The fraction of sp³-hybridized carbons (Fsp3) is 0.276. The van der Waals surface area contributed by atoms with Crippen molar-refractivity contribution in [1.29, 1.82) is 0 Å². The molecule has 0 saturated heterocycles. The molecule has 0 atom stereocenters. The van der Waals surface area contributed by atoms with Gasteiger partial charge in [0.25, 0.3) is 5.91 Å². The zero-order chi connectivity index (χ0) is 25.5. The number of aromatic nitrogens is 2. The second kappa shape index (κ2) is 11.9. The van der Waals surface area contributed by atoms with Gasteiger partial charge in [0.05, 0.1) is 11.0 Å². The lowest BCUT2D eigenvalue weighted by Crippen LogP contribution is -2.38. The highest BCUT2D eigenvalue weighted by Crippen LogP contribution is 2.19. The molecule has 4 rings (SSSR count). The Morgan fingerprint density at radius 2 is 1.75 bits per heavy atom. The molecule has 0 aliphatic rings. The van der Waals surface area contributed by atoms with E-state index in [0.717, 1.165) is 22.4 Å². The molecule has 0 fully saturated rings. The van der Waals surface area contributed by atoms with E-state index in [1.165, 1.54) is 0 Å². The van der Waals surface area contributed by atoms with Crippen molar-refractivity contribution < 1.29 is 9.59 Å². The van der Waals surface area contributed by atoms with Crippen molar-refractivity contribution in [3.63, 3.8) is 0 Å². The minimum Gasteiger partial charge on any atom is -0.352 e. The third-order valence-electron chi connectivity index (χ3n) is 6.12. The normalized spacial score (nSPS) is 11.1. The first-order valence-electron chi connectivity index (χ1n) is 12.2. The van der Waals surface area contributed by atoms with E-state index in [9.17, 15) is 9.59 Å². The summed E-state index contributed by atoms with van der Waals surface area (Å²) in [5.74, 6) is 0.729. The average Bonchev–Trinajstić information content (AvgIpc) is 3.22. The molecule has 2 amide bonds. The van der Waals surface area contributed by atoms with Gasteiger partial charge in [-0.25, -0.2) is 4.98 Å². The van der Waals surface area contributed by atoms with Gasteiger partial charge in [-0.1, -0.05) is 60.1 Å². The summed E-state index contributed by atoms with van der Waals surface area (Å²) in [4.78, 5) is 32.6. The van der Waals surface area contributed by atoms with Gasteiger partial charge in [0.1, 0.15) is 12.4 Å². The Kier molecular flexibility index (Phi) is 8.39. The van der Waals surface area contributed by atoms with Crippen LogP contribution in [0.2, 0.25) is 5.02 Å². The molecule has 6 nitrogen and oxygen atoms in total. The number of hydrogen-bond donors (Lipinski definition) is 1. The van der Waals surface area contributed by atoms with E-state index in [4.69, 9.17) is 16.6 Å². The smallest absolute Gasteiger partial charge is 0.251 e. The van der Waals surface area contributed by atoms with Gasteiger partial charge >= 0.3 is 0 Å². The number of carbonyl (C=O) groups is 2. The summed E-state index contributed by atoms with van der Waals surface area (Å²) in [6.45, 7) is 5.35. The maximum atomic E-state index is 13.5. The number of carbonyl (C=O) groups excluding carboxylic acids is 2. The summed E-state index contributed by atoms with van der Waals surface area (Å²) in [6.07, 6.45) is 1.33. The van der Waals surface area contributed by atoms with E-state index < -0.39 is 0 Å². The lowest BCUT2D eigenvalue weighted by Gasteiger charge is -2.27. The topological polar surface area (TPSA) is 67.2 Å². The van der Waals surface area contributed by atoms with Crippen LogP contribution in [0, 0.1) is 0 Å². The summed E-state index contributed by atoms with van der Waals surface area (Å²) in [5.41, 5.74) is 3.44. The first-order chi connectivity index (χ1) is 17.4. The zero-order valence-electron chi connectivity index (χ0n) is 20.7. The van der Waals surface area contributed by atoms with Gasteiger partial charge in [-0.2, -0.15) is 0 Å². The first-order valence-corrected chi connectivity index (χ1v) is 12.6. The molecular weight excluding hydrogens is 472 g/mol. The molecule has 0 aliphatic carbocycles. The summed E-state index contributed by atoms with van der Waals surface area (Å²) in [6, 6.07) is 24.9. The van der Waals surface area contributed by atoms with Crippen LogP contribution in [0.15, 0.2) is 78.9 Å². The number of aryl methyl sites for hydroxylation is 1. The van der Waals surface area contributed by atoms with Crippen LogP contribution >= 0.6 is 11.6 Å². The van der Waals surface area contributed by atoms with Crippen molar-refractivity contribution in [3.8, 4) is 0 Å². The van der Waals surface area contributed by atoms with Gasteiger partial charge in [0, 0.05) is 36.1 Å². The maximum absolute atomic E-state index is 13.5. The summed E-state index contributed by atoms with van der Waals surface area (Å²) >= 11 is 5.99. The van der Waals surface area contributed by atoms with Crippen LogP contribution in [-0.4, -0.2) is 38.9 Å². The monoisotopic (exact) mass is 502 g/mol. The van der Waals surface area contributed by atoms with E-state index in [0.29, 0.717) is 36.5 Å². The highest BCUT2D eigenvalue weighted by Gasteiger charge is 2.21. The van der Waals surface area contributed by atoms with Crippen molar-refractivity contribution in [2.45, 2.75) is 45.8 Å². The molecule has 0 spiro atoms. The van der Waals surface area contributed by atoms with Gasteiger partial charge in [0.2, 0.25) is 5.91 Å². The maximum Gasteiger partial charge on any atom is 0.251 e. The van der Waals surface area contributed by atoms with Crippen LogP contribution in [-0.2, 0) is 24.3 Å². The molecule has 0 bridgehead atoms. The van der Waals surface area contributed by atoms with Crippen LogP contribution in [0.1, 0.15) is 42.0 Å². The predicted octanol–water partition coefficient (Wildman–Crippen LogP) is 5.49. The number of nitrogens with zero attached hydrogens (tertiary/aromatic N) is 3. The van der Waals surface area contributed by atoms with Crippen molar-refractivity contribution in [2.75, 3.05) is 6.54 Å². The highest BCUT2D eigenvalue weighted by molar-refractivity contribution is 6.30. The van der Waals surface area contributed by atoms with E-state index in [1.807, 2.05) is 77.9 Å². The minimum absolute atomic E-state index is 0.0486. The van der Waals surface area contributed by atoms with Crippen LogP contribution in [0.4, 0.5) is 0 Å². The number of nitrogens with one attached hydrogen (secondary N) is 1. The molecule has 3 aromatic carbocycles.